The summed E-state index contributed by atoms with van der Waals surface area (Å²) in [5.74, 6) is 0.580. The summed E-state index contributed by atoms with van der Waals surface area (Å²) >= 11 is 2.12. The summed E-state index contributed by atoms with van der Waals surface area (Å²) in [5.41, 5.74) is 2.82. The normalized spacial score (nSPS) is 10.6. The van der Waals surface area contributed by atoms with Crippen LogP contribution in [0, 0.1) is 10.5 Å². The van der Waals surface area contributed by atoms with Gasteiger partial charge in [0.1, 0.15) is 11.5 Å². The number of benzene rings is 1. The van der Waals surface area contributed by atoms with Crippen LogP contribution in [0.4, 0.5) is 0 Å². The molecule has 114 valence electrons. The SMILES string of the molecule is Cc1ccc(/C=N\NC(=O)CNC(=O)c2cccc(I)c2)o1. The minimum absolute atomic E-state index is 0.154. The first-order valence-corrected chi connectivity index (χ1v) is 7.54. The molecule has 0 aliphatic carbocycles. The zero-order valence-electron chi connectivity index (χ0n) is 11.8. The van der Waals surface area contributed by atoms with E-state index in [4.69, 9.17) is 4.42 Å². The van der Waals surface area contributed by atoms with E-state index in [0.717, 1.165) is 9.33 Å². The Morgan fingerprint density at radius 2 is 2.14 bits per heavy atom. The maximum absolute atomic E-state index is 11.9. The monoisotopic (exact) mass is 411 g/mol. The maximum Gasteiger partial charge on any atom is 0.259 e. The van der Waals surface area contributed by atoms with Crippen LogP contribution in [0.3, 0.4) is 0 Å². The van der Waals surface area contributed by atoms with Crippen molar-refractivity contribution in [3.8, 4) is 0 Å². The third-order valence-corrected chi connectivity index (χ3v) is 3.31. The molecule has 0 spiro atoms. The van der Waals surface area contributed by atoms with Crippen molar-refractivity contribution in [2.45, 2.75) is 6.92 Å². The topological polar surface area (TPSA) is 83.7 Å². The first-order valence-electron chi connectivity index (χ1n) is 6.47. The molecule has 0 aliphatic heterocycles. The highest BCUT2D eigenvalue weighted by atomic mass is 127. The Morgan fingerprint density at radius 1 is 1.32 bits per heavy atom. The van der Waals surface area contributed by atoms with Gasteiger partial charge < -0.3 is 9.73 Å². The fraction of sp³-hybridized carbons (Fsp3) is 0.133. The summed E-state index contributed by atoms with van der Waals surface area (Å²) in [6, 6.07) is 10.6. The van der Waals surface area contributed by atoms with Gasteiger partial charge in [-0.1, -0.05) is 6.07 Å². The fourth-order valence-corrected chi connectivity index (χ4v) is 2.17. The van der Waals surface area contributed by atoms with Crippen LogP contribution >= 0.6 is 22.6 Å². The summed E-state index contributed by atoms with van der Waals surface area (Å²) in [7, 11) is 0. The molecule has 2 aromatic rings. The van der Waals surface area contributed by atoms with Crippen molar-refractivity contribution < 1.29 is 14.0 Å². The van der Waals surface area contributed by atoms with Crippen molar-refractivity contribution in [2.75, 3.05) is 6.54 Å². The Kier molecular flexibility index (Phi) is 5.70. The first-order chi connectivity index (χ1) is 10.5. The molecule has 2 amide bonds. The van der Waals surface area contributed by atoms with E-state index in [9.17, 15) is 9.59 Å². The van der Waals surface area contributed by atoms with Crippen molar-refractivity contribution in [3.05, 3.63) is 57.1 Å². The number of carbonyl (C=O) groups is 2. The number of halogens is 1. The molecule has 0 aliphatic rings. The van der Waals surface area contributed by atoms with Crippen molar-refractivity contribution in [1.29, 1.82) is 0 Å². The lowest BCUT2D eigenvalue weighted by Gasteiger charge is -2.04. The highest BCUT2D eigenvalue weighted by molar-refractivity contribution is 14.1. The third kappa shape index (κ3) is 4.99. The summed E-state index contributed by atoms with van der Waals surface area (Å²) in [4.78, 5) is 23.4. The largest absolute Gasteiger partial charge is 0.460 e. The Morgan fingerprint density at radius 3 is 2.82 bits per heavy atom. The van der Waals surface area contributed by atoms with Crippen LogP contribution in [0.5, 0.6) is 0 Å². The number of hydrazone groups is 1. The quantitative estimate of drug-likeness (QED) is 0.449. The van der Waals surface area contributed by atoms with Crippen molar-refractivity contribution in [3.63, 3.8) is 0 Å². The minimum atomic E-state index is -0.418. The van der Waals surface area contributed by atoms with Gasteiger partial charge in [-0.2, -0.15) is 5.10 Å². The highest BCUT2D eigenvalue weighted by Gasteiger charge is 2.07. The molecule has 22 heavy (non-hydrogen) atoms. The second-order valence-corrected chi connectivity index (χ2v) is 5.68. The van der Waals surface area contributed by atoms with Crippen LogP contribution < -0.4 is 10.7 Å². The van der Waals surface area contributed by atoms with Crippen LogP contribution in [-0.4, -0.2) is 24.6 Å². The predicted octanol–water partition coefficient (Wildman–Crippen LogP) is 2.07. The lowest BCUT2D eigenvalue weighted by molar-refractivity contribution is -0.120. The van der Waals surface area contributed by atoms with Gasteiger partial charge in [0.15, 0.2) is 0 Å². The second-order valence-electron chi connectivity index (χ2n) is 4.43. The van der Waals surface area contributed by atoms with E-state index in [1.165, 1.54) is 6.21 Å². The van der Waals surface area contributed by atoms with Gasteiger partial charge in [-0.3, -0.25) is 9.59 Å². The lowest BCUT2D eigenvalue weighted by Crippen LogP contribution is -2.34. The molecule has 6 nitrogen and oxygen atoms in total. The molecular formula is C15H14IN3O3. The molecule has 0 saturated heterocycles. The van der Waals surface area contributed by atoms with E-state index >= 15 is 0 Å². The standard InChI is InChI=1S/C15H14IN3O3/c1-10-5-6-13(22-10)8-18-19-14(20)9-17-15(21)11-3-2-4-12(16)7-11/h2-8H,9H2,1H3,(H,17,21)(H,19,20)/b18-8-. The van der Waals surface area contributed by atoms with Gasteiger partial charge in [-0.25, -0.2) is 5.43 Å². The zero-order valence-corrected chi connectivity index (χ0v) is 14.0. The molecule has 0 atom stereocenters. The van der Waals surface area contributed by atoms with Crippen molar-refractivity contribution in [2.24, 2.45) is 5.10 Å². The van der Waals surface area contributed by atoms with Gasteiger partial charge >= 0.3 is 0 Å². The van der Waals surface area contributed by atoms with Crippen molar-refractivity contribution >= 4 is 40.6 Å². The van der Waals surface area contributed by atoms with Crippen LogP contribution in [0.15, 0.2) is 45.9 Å². The minimum Gasteiger partial charge on any atom is -0.460 e. The lowest BCUT2D eigenvalue weighted by atomic mass is 10.2. The van der Waals surface area contributed by atoms with E-state index in [2.05, 4.69) is 38.4 Å². The van der Waals surface area contributed by atoms with Crippen LogP contribution in [0.2, 0.25) is 0 Å². The number of nitrogens with zero attached hydrogens (tertiary/aromatic N) is 1. The summed E-state index contributed by atoms with van der Waals surface area (Å²) in [6.45, 7) is 1.66. The average Bonchev–Trinajstić information content (AvgIpc) is 2.90. The molecule has 1 aromatic carbocycles. The Bertz CT molecular complexity index is 710. The molecule has 2 N–H and O–H groups in total. The number of furan rings is 1. The van der Waals surface area contributed by atoms with Crippen LogP contribution in [0.1, 0.15) is 21.9 Å². The fourth-order valence-electron chi connectivity index (χ4n) is 1.62. The zero-order chi connectivity index (χ0) is 15.9. The molecule has 0 radical (unpaired) electrons. The number of carbonyl (C=O) groups excluding carboxylic acids is 2. The molecular weight excluding hydrogens is 397 g/mol. The Hall–Kier alpha value is -2.16. The van der Waals surface area contributed by atoms with Crippen LogP contribution in [-0.2, 0) is 4.79 Å². The van der Waals surface area contributed by atoms with Gasteiger partial charge in [0.05, 0.1) is 12.8 Å². The Labute approximate surface area is 141 Å². The van der Waals surface area contributed by atoms with E-state index < -0.39 is 5.91 Å². The molecule has 0 fully saturated rings. The maximum atomic E-state index is 11.9. The molecule has 7 heteroatoms. The number of rotatable bonds is 5. The van der Waals surface area contributed by atoms with Gasteiger partial charge in [0.2, 0.25) is 0 Å². The number of hydrogen-bond acceptors (Lipinski definition) is 4. The van der Waals surface area contributed by atoms with E-state index in [0.29, 0.717) is 11.3 Å². The molecule has 1 aromatic heterocycles. The molecule has 0 unspecified atom stereocenters. The number of aryl methyl sites for hydroxylation is 1. The smallest absolute Gasteiger partial charge is 0.259 e. The van der Waals surface area contributed by atoms with Crippen molar-refractivity contribution in [1.82, 2.24) is 10.7 Å². The molecule has 2 rings (SSSR count). The second kappa shape index (κ2) is 7.74. The number of amides is 2. The number of hydrogen-bond donors (Lipinski definition) is 2. The summed E-state index contributed by atoms with van der Waals surface area (Å²) in [5, 5.41) is 6.28. The average molecular weight is 411 g/mol. The molecule has 1 heterocycles. The number of nitrogens with one attached hydrogen (secondary N) is 2. The first kappa shape index (κ1) is 16.2. The van der Waals surface area contributed by atoms with Gasteiger partial charge in [-0.15, -0.1) is 0 Å². The molecule has 0 saturated carbocycles. The van der Waals surface area contributed by atoms with E-state index in [1.807, 2.05) is 13.0 Å². The van der Waals surface area contributed by atoms with E-state index in [1.54, 1.807) is 30.3 Å². The van der Waals surface area contributed by atoms with Gasteiger partial charge in [0, 0.05) is 9.13 Å². The third-order valence-electron chi connectivity index (χ3n) is 2.64. The summed E-state index contributed by atoms with van der Waals surface area (Å²) < 4.78 is 6.21. The highest BCUT2D eigenvalue weighted by Crippen LogP contribution is 2.07. The molecule has 0 bridgehead atoms. The Balaban J connectivity index is 1.78. The predicted molar refractivity (Wildman–Crippen MR) is 90.7 cm³/mol. The summed E-state index contributed by atoms with van der Waals surface area (Å²) in [6.07, 6.45) is 1.40. The van der Waals surface area contributed by atoms with Crippen LogP contribution in [0.25, 0.3) is 0 Å². The van der Waals surface area contributed by atoms with Gasteiger partial charge in [-0.05, 0) is 59.8 Å². The van der Waals surface area contributed by atoms with E-state index in [-0.39, 0.29) is 12.5 Å². The van der Waals surface area contributed by atoms with Gasteiger partial charge in [0.25, 0.3) is 11.8 Å².